The molecule has 0 fully saturated rings. The molecule has 0 atom stereocenters. The summed E-state index contributed by atoms with van der Waals surface area (Å²) in [4.78, 5) is 11.2. The molecule has 5 nitrogen and oxygen atoms in total. The Hall–Kier alpha value is -10.4. The normalized spacial score (nSPS) is 11.6. The number of hydrogen-bond acceptors (Lipinski definition) is 3. The summed E-state index contributed by atoms with van der Waals surface area (Å²) in [5.74, 6) is 0.543. The van der Waals surface area contributed by atoms with E-state index in [0.29, 0.717) is 11.4 Å². The second-order valence-corrected chi connectivity index (χ2v) is 24.9. The van der Waals surface area contributed by atoms with Gasteiger partial charge in [-0.1, -0.05) is 156 Å². The van der Waals surface area contributed by atoms with Crippen LogP contribution in [0.5, 0.6) is 0 Å². The molecule has 14 aromatic rings. The molecule has 0 aliphatic heterocycles. The third-order valence-electron chi connectivity index (χ3n) is 18.2. The van der Waals surface area contributed by atoms with E-state index < -0.39 is 0 Å². The zero-order valence-electron chi connectivity index (χ0n) is 52.3. The molecule has 3 heterocycles. The summed E-state index contributed by atoms with van der Waals surface area (Å²) in [6.07, 6.45) is 0. The predicted molar refractivity (Wildman–Crippen MR) is 370 cm³/mol. The zero-order chi connectivity index (χ0) is 61.0. The van der Waals surface area contributed by atoms with Crippen LogP contribution in [-0.2, 0) is 0 Å². The second kappa shape index (κ2) is 21.5. The summed E-state index contributed by atoms with van der Waals surface area (Å²) in [7, 11) is 0. The number of fused-ring (bicyclic) bond motifs is 6. The highest BCUT2D eigenvalue weighted by Crippen LogP contribution is 2.46. The third-order valence-corrected chi connectivity index (χ3v) is 18.2. The third kappa shape index (κ3) is 9.39. The first-order valence-electron chi connectivity index (χ1n) is 30.6. The molecule has 5 heteroatoms. The average molecular weight is 1140 g/mol. The fraction of sp³-hybridized carbons (Fsp3) is 0.145. The number of benzene rings is 11. The maximum Gasteiger partial charge on any atom is 0.162 e. The van der Waals surface area contributed by atoms with Gasteiger partial charge in [0.05, 0.1) is 50.4 Å². The van der Waals surface area contributed by atoms with Crippen LogP contribution in [0.2, 0.25) is 0 Å². The van der Waals surface area contributed by atoms with Gasteiger partial charge in [-0.15, -0.1) is 0 Å². The van der Waals surface area contributed by atoms with Crippen LogP contribution in [-0.4, -0.2) is 19.1 Å². The molecular weight excluding hydrogens is 1070 g/mol. The Bertz CT molecular complexity index is 4900. The van der Waals surface area contributed by atoms with Gasteiger partial charge in [-0.3, -0.25) is 0 Å². The number of rotatable bonds is 9. The van der Waals surface area contributed by atoms with Gasteiger partial charge in [-0.2, -0.15) is 5.26 Å². The van der Waals surface area contributed by atoms with E-state index in [1.165, 1.54) is 89.0 Å². The SMILES string of the molecule is Cc1cc(C)c(-c2ccc3c(c2)c2cc(-c4c(C)cc(C)cc4C)ccc2n3-c2cc(-c3nc(-c4ccccc4)cc(-c4ccccc4)n3)c(-n3c4ccc(-c5c(C)cc(C)cc5C)cc4c4cc(-c5c(C)cc(C)cc5C)ccc43)cc2C#N)c(C)c1. The van der Waals surface area contributed by atoms with Crippen LogP contribution in [0.25, 0.3) is 133 Å². The lowest BCUT2D eigenvalue weighted by Crippen LogP contribution is -2.06. The lowest BCUT2D eigenvalue weighted by molar-refractivity contribution is 1.11. The van der Waals surface area contributed by atoms with Gasteiger partial charge in [0.1, 0.15) is 6.07 Å². The van der Waals surface area contributed by atoms with Crippen molar-refractivity contribution < 1.29 is 0 Å². The van der Waals surface area contributed by atoms with Crippen molar-refractivity contribution in [2.75, 3.05) is 0 Å². The Morgan fingerprint density at radius 2 is 0.591 bits per heavy atom. The summed E-state index contributed by atoms with van der Waals surface area (Å²) in [6, 6.07) is 75.9. The lowest BCUT2D eigenvalue weighted by Gasteiger charge is -2.19. The number of aromatic nitrogens is 4. The summed E-state index contributed by atoms with van der Waals surface area (Å²) < 4.78 is 4.68. The van der Waals surface area contributed by atoms with Crippen molar-refractivity contribution in [3.8, 4) is 95.9 Å². The van der Waals surface area contributed by atoms with Crippen molar-refractivity contribution in [1.29, 1.82) is 5.26 Å². The molecule has 0 aliphatic rings. The van der Waals surface area contributed by atoms with Crippen molar-refractivity contribution in [2.45, 2.75) is 83.1 Å². The molecule has 0 bridgehead atoms. The molecule has 0 spiro atoms. The standard InChI is InChI=1S/C83H69N5/c1-47-31-51(5)79(52(6)32-47)61-23-27-73-66(39-61)67-40-62(80-53(7)33-48(2)34-54(80)8)24-28-74(67)87(73)77-44-70(83-85-71(59-19-15-13-16-20-59)45-72(86-83)60-21-17-14-18-22-60)78(43-65(77)46-84)88-75-29-25-63(81-55(9)35-49(3)36-56(81)10)41-68(75)69-42-64(26-30-76(69)88)82-57(11)37-50(4)38-58(82)12/h13-45H,1-12H3. The van der Waals surface area contributed by atoms with Gasteiger partial charge in [0.15, 0.2) is 5.82 Å². The van der Waals surface area contributed by atoms with E-state index >= 15 is 0 Å². The van der Waals surface area contributed by atoms with Crippen LogP contribution in [0.3, 0.4) is 0 Å². The molecule has 11 aromatic carbocycles. The number of hydrogen-bond donors (Lipinski definition) is 0. The van der Waals surface area contributed by atoms with Crippen molar-refractivity contribution in [3.05, 3.63) is 273 Å². The van der Waals surface area contributed by atoms with E-state index in [0.717, 1.165) is 105 Å². The van der Waals surface area contributed by atoms with Gasteiger partial charge in [-0.05, 0) is 239 Å². The Morgan fingerprint density at radius 1 is 0.295 bits per heavy atom. The summed E-state index contributed by atoms with van der Waals surface area (Å²) in [5.41, 5.74) is 34.9. The molecule has 0 saturated carbocycles. The summed E-state index contributed by atoms with van der Waals surface area (Å²) in [6.45, 7) is 26.5. The van der Waals surface area contributed by atoms with Crippen molar-refractivity contribution >= 4 is 43.6 Å². The molecule has 0 radical (unpaired) electrons. The van der Waals surface area contributed by atoms with Crippen LogP contribution in [0.1, 0.15) is 72.3 Å². The highest BCUT2D eigenvalue weighted by molar-refractivity contribution is 6.14. The highest BCUT2D eigenvalue weighted by atomic mass is 15.0. The molecule has 3 aromatic heterocycles. The fourth-order valence-electron chi connectivity index (χ4n) is 15.0. The molecule has 0 saturated heterocycles. The topological polar surface area (TPSA) is 59.4 Å². The smallest absolute Gasteiger partial charge is 0.162 e. The maximum atomic E-state index is 12.0. The van der Waals surface area contributed by atoms with Crippen LogP contribution < -0.4 is 0 Å². The van der Waals surface area contributed by atoms with Gasteiger partial charge in [0.2, 0.25) is 0 Å². The van der Waals surface area contributed by atoms with E-state index in [2.05, 4.69) is 286 Å². The van der Waals surface area contributed by atoms with E-state index in [1.807, 2.05) is 12.1 Å². The molecule has 14 rings (SSSR count). The van der Waals surface area contributed by atoms with Gasteiger partial charge in [0, 0.05) is 38.2 Å². The van der Waals surface area contributed by atoms with Gasteiger partial charge in [-0.25, -0.2) is 9.97 Å². The minimum Gasteiger partial charge on any atom is -0.308 e. The number of nitriles is 1. The van der Waals surface area contributed by atoms with Crippen LogP contribution in [0, 0.1) is 94.4 Å². The Morgan fingerprint density at radius 3 is 0.886 bits per heavy atom. The molecular formula is C83H69N5. The highest BCUT2D eigenvalue weighted by Gasteiger charge is 2.26. The predicted octanol–water partition coefficient (Wildman–Crippen LogP) is 21.9. The Balaban J connectivity index is 1.11. The van der Waals surface area contributed by atoms with Crippen molar-refractivity contribution in [1.82, 2.24) is 19.1 Å². The van der Waals surface area contributed by atoms with Gasteiger partial charge >= 0.3 is 0 Å². The largest absolute Gasteiger partial charge is 0.308 e. The molecule has 0 amide bonds. The number of aryl methyl sites for hydroxylation is 12. The zero-order valence-corrected chi connectivity index (χ0v) is 52.3. The average Bonchev–Trinajstić information content (AvgIpc) is 1.59. The van der Waals surface area contributed by atoms with Crippen molar-refractivity contribution in [2.24, 2.45) is 0 Å². The first-order chi connectivity index (χ1) is 42.5. The monoisotopic (exact) mass is 1140 g/mol. The second-order valence-electron chi connectivity index (χ2n) is 24.9. The molecule has 0 unspecified atom stereocenters. The fourth-order valence-corrected chi connectivity index (χ4v) is 15.0. The number of nitrogens with zero attached hydrogens (tertiary/aromatic N) is 5. The Labute approximate surface area is 516 Å². The minimum absolute atomic E-state index is 0.517. The quantitative estimate of drug-likeness (QED) is 0.145. The van der Waals surface area contributed by atoms with E-state index in [9.17, 15) is 5.26 Å². The Kier molecular flexibility index (Phi) is 13.6. The van der Waals surface area contributed by atoms with Gasteiger partial charge in [0.25, 0.3) is 0 Å². The van der Waals surface area contributed by atoms with Crippen LogP contribution >= 0.6 is 0 Å². The summed E-state index contributed by atoms with van der Waals surface area (Å²) in [5, 5.41) is 16.4. The van der Waals surface area contributed by atoms with Crippen LogP contribution in [0.4, 0.5) is 0 Å². The van der Waals surface area contributed by atoms with E-state index in [4.69, 9.17) is 9.97 Å². The van der Waals surface area contributed by atoms with Gasteiger partial charge < -0.3 is 9.13 Å². The molecule has 88 heavy (non-hydrogen) atoms. The molecule has 426 valence electrons. The van der Waals surface area contributed by atoms with Crippen molar-refractivity contribution in [3.63, 3.8) is 0 Å². The van der Waals surface area contributed by atoms with Crippen LogP contribution in [0.15, 0.2) is 200 Å². The maximum absolute atomic E-state index is 12.0. The first kappa shape index (κ1) is 55.5. The summed E-state index contributed by atoms with van der Waals surface area (Å²) >= 11 is 0. The molecule has 0 aliphatic carbocycles. The van der Waals surface area contributed by atoms with E-state index in [-0.39, 0.29) is 0 Å². The first-order valence-corrected chi connectivity index (χ1v) is 30.6. The van der Waals surface area contributed by atoms with E-state index in [1.54, 1.807) is 0 Å². The molecule has 0 N–H and O–H groups in total. The lowest BCUT2D eigenvalue weighted by atomic mass is 9.91. The minimum atomic E-state index is 0.517.